The van der Waals surface area contributed by atoms with E-state index in [2.05, 4.69) is 66.0 Å². The normalized spacial score (nSPS) is 13.8. The van der Waals surface area contributed by atoms with Crippen LogP contribution in [-0.2, 0) is 6.42 Å². The molecule has 0 aliphatic carbocycles. The van der Waals surface area contributed by atoms with Gasteiger partial charge in [0.05, 0.1) is 0 Å². The molecule has 0 amide bonds. The second-order valence-electron chi connectivity index (χ2n) is 5.46. The van der Waals surface area contributed by atoms with Crippen molar-refractivity contribution >= 4 is 16.5 Å². The maximum absolute atomic E-state index is 3.47. The van der Waals surface area contributed by atoms with Gasteiger partial charge in [-0.2, -0.15) is 0 Å². The van der Waals surface area contributed by atoms with E-state index in [1.165, 1.54) is 46.0 Å². The molecule has 1 nitrogen and oxygen atoms in total. The van der Waals surface area contributed by atoms with Gasteiger partial charge >= 0.3 is 0 Å². The van der Waals surface area contributed by atoms with Crippen LogP contribution < -0.4 is 5.32 Å². The first-order valence-corrected chi connectivity index (χ1v) is 7.26. The summed E-state index contributed by atoms with van der Waals surface area (Å²) >= 11 is 0. The Kier molecular flexibility index (Phi) is 2.70. The third-order valence-electron chi connectivity index (χ3n) is 4.13. The molecule has 1 aliphatic heterocycles. The van der Waals surface area contributed by atoms with Gasteiger partial charge < -0.3 is 5.32 Å². The molecule has 1 heteroatoms. The lowest BCUT2D eigenvalue weighted by atomic mass is 9.96. The van der Waals surface area contributed by atoms with Gasteiger partial charge in [-0.15, -0.1) is 0 Å². The minimum absolute atomic E-state index is 1.10. The molecule has 4 rings (SSSR count). The summed E-state index contributed by atoms with van der Waals surface area (Å²) in [6.45, 7) is 1.10. The fourth-order valence-corrected chi connectivity index (χ4v) is 3.02. The van der Waals surface area contributed by atoms with Crippen molar-refractivity contribution in [2.75, 3.05) is 11.9 Å². The van der Waals surface area contributed by atoms with E-state index in [1.54, 1.807) is 0 Å². The number of anilines is 1. The number of aryl methyl sites for hydroxylation is 1. The molecule has 3 aromatic rings. The Hall–Kier alpha value is -2.28. The summed E-state index contributed by atoms with van der Waals surface area (Å²) in [6.07, 6.45) is 2.41. The first kappa shape index (κ1) is 11.5. The van der Waals surface area contributed by atoms with E-state index in [-0.39, 0.29) is 0 Å². The molecule has 0 spiro atoms. The van der Waals surface area contributed by atoms with E-state index >= 15 is 0 Å². The van der Waals surface area contributed by atoms with Crippen molar-refractivity contribution in [3.63, 3.8) is 0 Å². The van der Waals surface area contributed by atoms with Gasteiger partial charge in [-0.1, -0.05) is 42.5 Å². The Bertz CT molecular complexity index is 774. The van der Waals surface area contributed by atoms with Crippen LogP contribution in [0.4, 0.5) is 5.69 Å². The Morgan fingerprint density at radius 1 is 0.750 bits per heavy atom. The van der Waals surface area contributed by atoms with E-state index in [1.807, 2.05) is 0 Å². The average molecular weight is 259 g/mol. The van der Waals surface area contributed by atoms with Crippen LogP contribution in [0.2, 0.25) is 0 Å². The Balaban J connectivity index is 1.82. The molecule has 0 unspecified atom stereocenters. The Labute approximate surface area is 119 Å². The van der Waals surface area contributed by atoms with Gasteiger partial charge in [0.2, 0.25) is 0 Å². The van der Waals surface area contributed by atoms with E-state index in [0.29, 0.717) is 0 Å². The molecule has 98 valence electrons. The van der Waals surface area contributed by atoms with Crippen molar-refractivity contribution in [3.8, 4) is 11.1 Å². The van der Waals surface area contributed by atoms with Crippen molar-refractivity contribution in [1.29, 1.82) is 0 Å². The summed E-state index contributed by atoms with van der Waals surface area (Å²) in [5, 5.41) is 6.08. The van der Waals surface area contributed by atoms with Crippen molar-refractivity contribution in [2.45, 2.75) is 12.8 Å². The highest BCUT2D eigenvalue weighted by atomic mass is 14.9. The number of rotatable bonds is 1. The molecule has 1 N–H and O–H groups in total. The minimum atomic E-state index is 1.10. The molecule has 0 saturated heterocycles. The maximum Gasteiger partial charge on any atom is 0.0373 e. The smallest absolute Gasteiger partial charge is 0.0373 e. The third-order valence-corrected chi connectivity index (χ3v) is 4.13. The second-order valence-corrected chi connectivity index (χ2v) is 5.46. The largest absolute Gasteiger partial charge is 0.385 e. The fraction of sp³-hybridized carbons (Fsp3) is 0.158. The molecular formula is C19H17N. The van der Waals surface area contributed by atoms with Crippen LogP contribution in [-0.4, -0.2) is 6.54 Å². The van der Waals surface area contributed by atoms with Crippen LogP contribution in [0.25, 0.3) is 21.9 Å². The first-order valence-electron chi connectivity index (χ1n) is 7.26. The minimum Gasteiger partial charge on any atom is -0.385 e. The van der Waals surface area contributed by atoms with Gasteiger partial charge in [0.25, 0.3) is 0 Å². The first-order chi connectivity index (χ1) is 9.90. The molecular weight excluding hydrogens is 242 g/mol. The van der Waals surface area contributed by atoms with E-state index in [4.69, 9.17) is 0 Å². The Morgan fingerprint density at radius 2 is 1.55 bits per heavy atom. The van der Waals surface area contributed by atoms with Gasteiger partial charge in [-0.05, 0) is 58.5 Å². The monoisotopic (exact) mass is 259 g/mol. The second kappa shape index (κ2) is 4.68. The fourth-order valence-electron chi connectivity index (χ4n) is 3.02. The van der Waals surface area contributed by atoms with E-state index < -0.39 is 0 Å². The number of nitrogens with one attached hydrogen (secondary N) is 1. The van der Waals surface area contributed by atoms with Crippen molar-refractivity contribution in [2.24, 2.45) is 0 Å². The summed E-state index contributed by atoms with van der Waals surface area (Å²) in [6, 6.07) is 22.0. The summed E-state index contributed by atoms with van der Waals surface area (Å²) in [7, 11) is 0. The lowest BCUT2D eigenvalue weighted by Crippen LogP contribution is -2.11. The topological polar surface area (TPSA) is 12.0 Å². The summed E-state index contributed by atoms with van der Waals surface area (Å²) in [5.41, 5.74) is 5.37. The van der Waals surface area contributed by atoms with Crippen LogP contribution in [0.5, 0.6) is 0 Å². The lowest BCUT2D eigenvalue weighted by Gasteiger charge is -2.18. The molecule has 0 bridgehead atoms. The van der Waals surface area contributed by atoms with Gasteiger partial charge in [-0.3, -0.25) is 0 Å². The molecule has 20 heavy (non-hydrogen) atoms. The standard InChI is InChI=1S/C19H17N/c1-2-5-15-12-16(8-7-14(15)4-1)17-9-10-19-18(13-17)6-3-11-20-19/h1-2,4-5,7-10,12-13,20H,3,6,11H2. The van der Waals surface area contributed by atoms with Gasteiger partial charge in [0.1, 0.15) is 0 Å². The highest BCUT2D eigenvalue weighted by Crippen LogP contribution is 2.30. The van der Waals surface area contributed by atoms with Gasteiger partial charge in [-0.25, -0.2) is 0 Å². The molecule has 3 aromatic carbocycles. The molecule has 1 aliphatic rings. The number of fused-ring (bicyclic) bond motifs is 2. The third kappa shape index (κ3) is 1.96. The van der Waals surface area contributed by atoms with Crippen molar-refractivity contribution in [1.82, 2.24) is 0 Å². The average Bonchev–Trinajstić information content (AvgIpc) is 2.54. The quantitative estimate of drug-likeness (QED) is 0.657. The van der Waals surface area contributed by atoms with Crippen LogP contribution in [0.15, 0.2) is 60.7 Å². The van der Waals surface area contributed by atoms with Gasteiger partial charge in [0.15, 0.2) is 0 Å². The molecule has 1 heterocycles. The number of hydrogen-bond acceptors (Lipinski definition) is 1. The summed E-state index contributed by atoms with van der Waals surface area (Å²) < 4.78 is 0. The zero-order valence-corrected chi connectivity index (χ0v) is 11.4. The van der Waals surface area contributed by atoms with E-state index in [0.717, 1.165) is 6.54 Å². The van der Waals surface area contributed by atoms with Crippen LogP contribution >= 0.6 is 0 Å². The zero-order valence-electron chi connectivity index (χ0n) is 11.4. The highest BCUT2D eigenvalue weighted by molar-refractivity contribution is 5.87. The number of hydrogen-bond donors (Lipinski definition) is 1. The molecule has 0 atom stereocenters. The predicted molar refractivity (Wildman–Crippen MR) is 86.2 cm³/mol. The molecule has 0 aromatic heterocycles. The summed E-state index contributed by atoms with van der Waals surface area (Å²) in [5.74, 6) is 0. The molecule has 0 fully saturated rings. The van der Waals surface area contributed by atoms with Crippen molar-refractivity contribution < 1.29 is 0 Å². The Morgan fingerprint density at radius 3 is 2.50 bits per heavy atom. The van der Waals surface area contributed by atoms with Crippen LogP contribution in [0.1, 0.15) is 12.0 Å². The summed E-state index contributed by atoms with van der Waals surface area (Å²) in [4.78, 5) is 0. The lowest BCUT2D eigenvalue weighted by molar-refractivity contribution is 0.830. The maximum atomic E-state index is 3.47. The van der Waals surface area contributed by atoms with E-state index in [9.17, 15) is 0 Å². The SMILES string of the molecule is c1ccc2cc(-c3ccc4c(c3)CCCN4)ccc2c1. The van der Waals surface area contributed by atoms with Crippen LogP contribution in [0.3, 0.4) is 0 Å². The van der Waals surface area contributed by atoms with Crippen molar-refractivity contribution in [3.05, 3.63) is 66.2 Å². The molecule has 0 radical (unpaired) electrons. The van der Waals surface area contributed by atoms with Gasteiger partial charge in [0, 0.05) is 12.2 Å². The molecule has 0 saturated carbocycles. The van der Waals surface area contributed by atoms with Crippen LogP contribution in [0, 0.1) is 0 Å². The zero-order chi connectivity index (χ0) is 13.4. The predicted octanol–water partition coefficient (Wildman–Crippen LogP) is 4.86. The number of benzene rings is 3. The highest BCUT2D eigenvalue weighted by Gasteiger charge is 2.09.